The smallest absolute Gasteiger partial charge is 0.223 e. The molecule has 1 aliphatic heterocycles. The number of hydrogen-bond donors (Lipinski definition) is 1. The van der Waals surface area contributed by atoms with E-state index in [2.05, 4.69) is 5.32 Å². The summed E-state index contributed by atoms with van der Waals surface area (Å²) in [6, 6.07) is 25.9. The summed E-state index contributed by atoms with van der Waals surface area (Å²) in [5.74, 6) is 0.915. The van der Waals surface area contributed by atoms with Crippen LogP contribution in [-0.4, -0.2) is 29.9 Å². The maximum Gasteiger partial charge on any atom is 0.223 e. The number of nitrogens with one attached hydrogen (secondary N) is 1. The first-order valence-corrected chi connectivity index (χ1v) is 11.1. The molecule has 1 aliphatic rings. The van der Waals surface area contributed by atoms with Gasteiger partial charge in [-0.05, 0) is 29.2 Å². The molecule has 3 aromatic rings. The van der Waals surface area contributed by atoms with E-state index in [9.17, 15) is 9.59 Å². The van der Waals surface area contributed by atoms with Crippen molar-refractivity contribution in [3.63, 3.8) is 0 Å². The lowest BCUT2D eigenvalue weighted by atomic mass is 10.1. The molecule has 0 spiro atoms. The van der Waals surface area contributed by atoms with Gasteiger partial charge in [0.1, 0.15) is 5.75 Å². The highest BCUT2D eigenvalue weighted by molar-refractivity contribution is 5.78. The maximum absolute atomic E-state index is 12.4. The lowest BCUT2D eigenvalue weighted by molar-refractivity contribution is -0.128. The highest BCUT2D eigenvalue weighted by Crippen LogP contribution is 2.29. The number of likely N-dealkylation sites (tertiary alicyclic amines) is 1. The highest BCUT2D eigenvalue weighted by atomic mass is 16.5. The van der Waals surface area contributed by atoms with Crippen LogP contribution in [0.5, 0.6) is 5.75 Å². The van der Waals surface area contributed by atoms with E-state index in [0.717, 1.165) is 41.0 Å². The summed E-state index contributed by atoms with van der Waals surface area (Å²) in [6.07, 6.45) is 1.83. The van der Waals surface area contributed by atoms with E-state index in [1.807, 2.05) is 83.8 Å². The van der Waals surface area contributed by atoms with Crippen molar-refractivity contribution in [1.82, 2.24) is 10.2 Å². The molecule has 0 unspecified atom stereocenters. The summed E-state index contributed by atoms with van der Waals surface area (Å²) >= 11 is 0. The predicted octanol–water partition coefficient (Wildman–Crippen LogP) is 4.56. The van der Waals surface area contributed by atoms with Gasteiger partial charge in [0.25, 0.3) is 0 Å². The molecule has 1 fully saturated rings. The molecule has 0 aromatic heterocycles. The van der Waals surface area contributed by atoms with E-state index in [1.54, 1.807) is 0 Å². The van der Waals surface area contributed by atoms with Crippen LogP contribution in [0, 0.1) is 0 Å². The number of carbonyl (C=O) groups excluding carboxylic acids is 2. The van der Waals surface area contributed by atoms with Crippen molar-refractivity contribution in [2.75, 3.05) is 13.2 Å². The van der Waals surface area contributed by atoms with Gasteiger partial charge in [-0.15, -0.1) is 0 Å². The summed E-state index contributed by atoms with van der Waals surface area (Å²) in [7, 11) is 0. The van der Waals surface area contributed by atoms with Gasteiger partial charge >= 0.3 is 0 Å². The molecule has 4 rings (SSSR count). The fraction of sp³-hybridized carbons (Fsp3) is 0.259. The van der Waals surface area contributed by atoms with E-state index in [-0.39, 0.29) is 18.2 Å². The normalized spacial score (nSPS) is 13.2. The Morgan fingerprint density at radius 2 is 1.62 bits per heavy atom. The number of rotatable bonds is 9. The zero-order valence-electron chi connectivity index (χ0n) is 18.1. The number of para-hydroxylation sites is 1. The monoisotopic (exact) mass is 428 g/mol. The van der Waals surface area contributed by atoms with Crippen LogP contribution in [0.15, 0.2) is 78.9 Å². The van der Waals surface area contributed by atoms with Crippen molar-refractivity contribution in [3.8, 4) is 16.9 Å². The highest BCUT2D eigenvalue weighted by Gasteiger charge is 2.20. The van der Waals surface area contributed by atoms with Gasteiger partial charge in [-0.25, -0.2) is 0 Å². The second kappa shape index (κ2) is 10.6. The third-order valence-electron chi connectivity index (χ3n) is 5.69. The van der Waals surface area contributed by atoms with Crippen molar-refractivity contribution in [1.29, 1.82) is 0 Å². The molecule has 0 saturated carbocycles. The number of hydrogen-bond acceptors (Lipinski definition) is 3. The first-order valence-electron chi connectivity index (χ1n) is 11.1. The van der Waals surface area contributed by atoms with Crippen molar-refractivity contribution < 1.29 is 14.3 Å². The minimum atomic E-state index is -0.0609. The Kier molecular flexibility index (Phi) is 7.18. The van der Waals surface area contributed by atoms with Crippen molar-refractivity contribution in [3.05, 3.63) is 90.0 Å². The van der Waals surface area contributed by atoms with Gasteiger partial charge in [-0.3, -0.25) is 9.59 Å². The summed E-state index contributed by atoms with van der Waals surface area (Å²) < 4.78 is 5.93. The third-order valence-corrected chi connectivity index (χ3v) is 5.69. The number of benzene rings is 3. The molecule has 0 aliphatic carbocycles. The van der Waals surface area contributed by atoms with Crippen LogP contribution in [0.4, 0.5) is 0 Å². The summed E-state index contributed by atoms with van der Waals surface area (Å²) in [4.78, 5) is 26.2. The van der Waals surface area contributed by atoms with Crippen LogP contribution in [0.1, 0.15) is 30.4 Å². The Bertz CT molecular complexity index is 1070. The van der Waals surface area contributed by atoms with E-state index < -0.39 is 0 Å². The lowest BCUT2D eigenvalue weighted by Gasteiger charge is -2.18. The van der Waals surface area contributed by atoms with E-state index >= 15 is 0 Å². The SMILES string of the molecule is O=C(CCOc1ccccc1-c1ccccc1)NCc1ccccc1CN1CCCC1=O. The minimum Gasteiger partial charge on any atom is -0.492 e. The number of amides is 2. The average molecular weight is 429 g/mol. The molecule has 5 heteroatoms. The van der Waals surface area contributed by atoms with Crippen LogP contribution in [0.25, 0.3) is 11.1 Å². The van der Waals surface area contributed by atoms with E-state index in [4.69, 9.17) is 4.74 Å². The fourth-order valence-corrected chi connectivity index (χ4v) is 3.95. The van der Waals surface area contributed by atoms with E-state index in [1.165, 1.54) is 0 Å². The average Bonchev–Trinajstić information content (AvgIpc) is 3.23. The number of ether oxygens (including phenoxy) is 1. The quantitative estimate of drug-likeness (QED) is 0.544. The van der Waals surface area contributed by atoms with Gasteiger partial charge in [0.05, 0.1) is 13.0 Å². The Morgan fingerprint density at radius 3 is 2.41 bits per heavy atom. The Labute approximate surface area is 189 Å². The van der Waals surface area contributed by atoms with Gasteiger partial charge in [-0.2, -0.15) is 0 Å². The van der Waals surface area contributed by atoms with Gasteiger partial charge in [-0.1, -0.05) is 72.8 Å². The molecule has 32 heavy (non-hydrogen) atoms. The van der Waals surface area contributed by atoms with Gasteiger partial charge in [0.15, 0.2) is 0 Å². The van der Waals surface area contributed by atoms with Gasteiger partial charge < -0.3 is 15.0 Å². The summed E-state index contributed by atoms with van der Waals surface area (Å²) in [5, 5.41) is 2.99. The van der Waals surface area contributed by atoms with Crippen molar-refractivity contribution in [2.45, 2.75) is 32.4 Å². The van der Waals surface area contributed by atoms with Crippen LogP contribution < -0.4 is 10.1 Å². The molecule has 2 amide bonds. The van der Waals surface area contributed by atoms with Gasteiger partial charge in [0.2, 0.25) is 11.8 Å². The maximum atomic E-state index is 12.4. The molecule has 0 bridgehead atoms. The zero-order chi connectivity index (χ0) is 22.2. The molecular weight excluding hydrogens is 400 g/mol. The molecule has 1 heterocycles. The molecule has 1 N–H and O–H groups in total. The first kappa shape index (κ1) is 21.6. The van der Waals surface area contributed by atoms with Crippen molar-refractivity contribution >= 4 is 11.8 Å². The Hall–Kier alpha value is -3.60. The summed E-state index contributed by atoms with van der Waals surface area (Å²) in [5.41, 5.74) is 4.21. The number of nitrogens with zero attached hydrogens (tertiary/aromatic N) is 1. The predicted molar refractivity (Wildman–Crippen MR) is 125 cm³/mol. The largest absolute Gasteiger partial charge is 0.492 e. The fourth-order valence-electron chi connectivity index (χ4n) is 3.95. The molecular formula is C27H28N2O3. The van der Waals surface area contributed by atoms with Crippen molar-refractivity contribution in [2.24, 2.45) is 0 Å². The van der Waals surface area contributed by atoms with Crippen LogP contribution in [0.2, 0.25) is 0 Å². The van der Waals surface area contributed by atoms with E-state index in [0.29, 0.717) is 26.1 Å². The zero-order valence-corrected chi connectivity index (χ0v) is 18.1. The topological polar surface area (TPSA) is 58.6 Å². The minimum absolute atomic E-state index is 0.0609. The Balaban J connectivity index is 1.29. The summed E-state index contributed by atoms with van der Waals surface area (Å²) in [6.45, 7) is 2.16. The van der Waals surface area contributed by atoms with Crippen LogP contribution >= 0.6 is 0 Å². The first-order chi connectivity index (χ1) is 15.7. The van der Waals surface area contributed by atoms with Crippen LogP contribution in [0.3, 0.4) is 0 Å². The Morgan fingerprint density at radius 1 is 0.906 bits per heavy atom. The third kappa shape index (κ3) is 5.55. The number of carbonyl (C=O) groups is 2. The van der Waals surface area contributed by atoms with Gasteiger partial charge in [0, 0.05) is 31.6 Å². The molecule has 164 valence electrons. The second-order valence-corrected chi connectivity index (χ2v) is 7.92. The standard InChI is InChI=1S/C27H28N2O3/c30-26(16-18-32-25-14-7-6-13-24(25)21-9-2-1-3-10-21)28-19-22-11-4-5-12-23(22)20-29-17-8-15-27(29)31/h1-7,9-14H,8,15-20H2,(H,28,30). The molecule has 5 nitrogen and oxygen atoms in total. The molecule has 0 radical (unpaired) electrons. The lowest BCUT2D eigenvalue weighted by Crippen LogP contribution is -2.27. The van der Waals surface area contributed by atoms with Crippen LogP contribution in [-0.2, 0) is 22.7 Å². The molecule has 1 saturated heterocycles. The molecule has 3 aromatic carbocycles. The second-order valence-electron chi connectivity index (χ2n) is 7.92. The molecule has 0 atom stereocenters.